The lowest BCUT2D eigenvalue weighted by Crippen LogP contribution is -2.16. The van der Waals surface area contributed by atoms with Gasteiger partial charge in [0.05, 0.1) is 11.6 Å². The Kier molecular flexibility index (Phi) is 3.69. The lowest BCUT2D eigenvalue weighted by Gasteiger charge is -2.07. The summed E-state index contributed by atoms with van der Waals surface area (Å²) in [5, 5.41) is 3.56. The Morgan fingerprint density at radius 2 is 2.15 bits per heavy atom. The Balaban J connectivity index is 1.70. The maximum absolute atomic E-state index is 12.2. The van der Waals surface area contributed by atoms with Crippen LogP contribution in [-0.2, 0) is 4.79 Å². The number of amides is 1. The third-order valence-corrected chi connectivity index (χ3v) is 4.60. The maximum Gasteiger partial charge on any atom is 0.228 e. The van der Waals surface area contributed by atoms with Crippen LogP contribution < -0.4 is 11.1 Å². The van der Waals surface area contributed by atoms with Crippen LogP contribution in [0.25, 0.3) is 0 Å². The summed E-state index contributed by atoms with van der Waals surface area (Å²) in [6.07, 6.45) is 3.69. The quantitative estimate of drug-likeness (QED) is 0.822. The predicted octanol–water partition coefficient (Wildman–Crippen LogP) is 2.63. The summed E-state index contributed by atoms with van der Waals surface area (Å²) in [7, 11) is 0. The largest absolute Gasteiger partial charge is 0.326 e. The molecule has 3 N–H and O–H groups in total. The van der Waals surface area contributed by atoms with E-state index >= 15 is 0 Å². The number of carbonyl (C=O) groups is 1. The topological polar surface area (TPSA) is 55.1 Å². The molecule has 2 fully saturated rings. The molecule has 2 saturated carbocycles. The second kappa shape index (κ2) is 5.47. The van der Waals surface area contributed by atoms with Gasteiger partial charge in [-0.1, -0.05) is 29.9 Å². The number of rotatable bonds is 2. The van der Waals surface area contributed by atoms with Crippen LogP contribution in [0.15, 0.2) is 18.2 Å². The third kappa shape index (κ3) is 2.54. The Hall–Kier alpha value is -1.50. The zero-order chi connectivity index (χ0) is 14.1. The van der Waals surface area contributed by atoms with Gasteiger partial charge in [0.2, 0.25) is 5.91 Å². The zero-order valence-electron chi connectivity index (χ0n) is 11.2. The van der Waals surface area contributed by atoms with E-state index in [1.165, 1.54) is 19.3 Å². The second-order valence-corrected chi connectivity index (χ2v) is 5.88. The summed E-state index contributed by atoms with van der Waals surface area (Å²) in [5.74, 6) is 7.29. The van der Waals surface area contributed by atoms with Gasteiger partial charge in [-0.15, -0.1) is 0 Å². The van der Waals surface area contributed by atoms with E-state index in [1.807, 2.05) is 6.07 Å². The van der Waals surface area contributed by atoms with Gasteiger partial charge < -0.3 is 11.1 Å². The molecule has 20 heavy (non-hydrogen) atoms. The molecule has 0 spiro atoms. The van der Waals surface area contributed by atoms with Gasteiger partial charge in [0.25, 0.3) is 0 Å². The second-order valence-electron chi connectivity index (χ2n) is 5.47. The number of carbonyl (C=O) groups excluding carboxylic acids is 1. The maximum atomic E-state index is 12.2. The number of halogens is 1. The van der Waals surface area contributed by atoms with E-state index in [4.69, 9.17) is 17.3 Å². The molecule has 0 heterocycles. The minimum Gasteiger partial charge on any atom is -0.326 e. The molecule has 0 bridgehead atoms. The van der Waals surface area contributed by atoms with E-state index < -0.39 is 0 Å². The van der Waals surface area contributed by atoms with E-state index in [2.05, 4.69) is 17.2 Å². The highest BCUT2D eigenvalue weighted by Crippen LogP contribution is 2.57. The van der Waals surface area contributed by atoms with E-state index in [9.17, 15) is 4.79 Å². The monoisotopic (exact) mass is 288 g/mol. The Morgan fingerprint density at radius 3 is 2.85 bits per heavy atom. The third-order valence-electron chi connectivity index (χ3n) is 4.27. The molecule has 1 aromatic carbocycles. The first-order valence-corrected chi connectivity index (χ1v) is 7.38. The molecule has 3 nitrogen and oxygen atoms in total. The standard InChI is InChI=1S/C16H17ClN2O/c17-14-7-6-11(9-10(14)3-2-8-18)19-16(20)15-12-4-1-5-13(12)15/h6-7,9,12-13,15H,1,4-5,8,18H2,(H,19,20). The molecule has 2 aliphatic carbocycles. The molecule has 1 amide bonds. The molecule has 2 atom stereocenters. The average Bonchev–Trinajstić information content (AvgIpc) is 2.93. The predicted molar refractivity (Wildman–Crippen MR) is 80.3 cm³/mol. The minimum absolute atomic E-state index is 0.139. The van der Waals surface area contributed by atoms with Gasteiger partial charge in [-0.2, -0.15) is 0 Å². The van der Waals surface area contributed by atoms with Gasteiger partial charge >= 0.3 is 0 Å². The van der Waals surface area contributed by atoms with Gasteiger partial charge in [0.1, 0.15) is 0 Å². The fraction of sp³-hybridized carbons (Fsp3) is 0.438. The normalized spacial score (nSPS) is 26.4. The molecule has 104 valence electrons. The van der Waals surface area contributed by atoms with Gasteiger partial charge in [-0.3, -0.25) is 4.79 Å². The van der Waals surface area contributed by atoms with Crippen molar-refractivity contribution in [2.45, 2.75) is 19.3 Å². The van der Waals surface area contributed by atoms with Crippen molar-refractivity contribution >= 4 is 23.2 Å². The fourth-order valence-corrected chi connectivity index (χ4v) is 3.45. The first-order chi connectivity index (χ1) is 9.70. The first kappa shape index (κ1) is 13.5. The van der Waals surface area contributed by atoms with Crippen LogP contribution in [0.4, 0.5) is 5.69 Å². The number of fused-ring (bicyclic) bond motifs is 1. The molecule has 2 aliphatic rings. The van der Waals surface area contributed by atoms with Crippen molar-refractivity contribution in [3.05, 3.63) is 28.8 Å². The number of anilines is 1. The van der Waals surface area contributed by atoms with E-state index in [0.717, 1.165) is 5.69 Å². The Morgan fingerprint density at radius 1 is 1.40 bits per heavy atom. The van der Waals surface area contributed by atoms with E-state index in [-0.39, 0.29) is 11.8 Å². The van der Waals surface area contributed by atoms with Gasteiger partial charge in [0.15, 0.2) is 0 Å². The van der Waals surface area contributed by atoms with Crippen LogP contribution >= 0.6 is 11.6 Å². The Bertz CT molecular complexity index is 592. The highest BCUT2D eigenvalue weighted by molar-refractivity contribution is 6.31. The van der Waals surface area contributed by atoms with Crippen molar-refractivity contribution < 1.29 is 4.79 Å². The summed E-state index contributed by atoms with van der Waals surface area (Å²) in [5.41, 5.74) is 6.81. The highest BCUT2D eigenvalue weighted by atomic mass is 35.5. The van der Waals surface area contributed by atoms with Crippen LogP contribution in [0, 0.1) is 29.6 Å². The zero-order valence-corrected chi connectivity index (χ0v) is 11.9. The highest BCUT2D eigenvalue weighted by Gasteiger charge is 2.56. The van der Waals surface area contributed by atoms with Gasteiger partial charge in [-0.05, 0) is 42.9 Å². The molecule has 3 rings (SSSR count). The first-order valence-electron chi connectivity index (χ1n) is 7.00. The minimum atomic E-state index is 0.139. The van der Waals surface area contributed by atoms with Crippen molar-refractivity contribution in [1.82, 2.24) is 0 Å². The average molecular weight is 289 g/mol. The van der Waals surface area contributed by atoms with Crippen molar-refractivity contribution in [2.24, 2.45) is 23.5 Å². The molecule has 0 aliphatic heterocycles. The van der Waals surface area contributed by atoms with E-state index in [0.29, 0.717) is 29.0 Å². The Labute approximate surface area is 123 Å². The van der Waals surface area contributed by atoms with Gasteiger partial charge in [0, 0.05) is 17.2 Å². The number of hydrogen-bond donors (Lipinski definition) is 2. The van der Waals surface area contributed by atoms with Crippen molar-refractivity contribution in [2.75, 3.05) is 11.9 Å². The molecule has 0 radical (unpaired) electrons. The SMILES string of the molecule is NCC#Cc1cc(NC(=O)C2C3CCCC32)ccc1Cl. The molecular weight excluding hydrogens is 272 g/mol. The summed E-state index contributed by atoms with van der Waals surface area (Å²) in [6.45, 7) is 0.290. The smallest absolute Gasteiger partial charge is 0.228 e. The number of nitrogens with two attached hydrogens (primary N) is 1. The fourth-order valence-electron chi connectivity index (χ4n) is 3.28. The van der Waals surface area contributed by atoms with Crippen LogP contribution in [0.2, 0.25) is 5.02 Å². The van der Waals surface area contributed by atoms with Crippen LogP contribution in [-0.4, -0.2) is 12.5 Å². The molecular formula is C16H17ClN2O. The molecule has 0 aromatic heterocycles. The molecule has 1 aromatic rings. The van der Waals surface area contributed by atoms with Crippen LogP contribution in [0.5, 0.6) is 0 Å². The summed E-state index contributed by atoms with van der Waals surface area (Å²) in [4.78, 5) is 12.2. The number of benzene rings is 1. The van der Waals surface area contributed by atoms with Gasteiger partial charge in [-0.25, -0.2) is 0 Å². The van der Waals surface area contributed by atoms with Crippen molar-refractivity contribution in [3.63, 3.8) is 0 Å². The number of hydrogen-bond acceptors (Lipinski definition) is 2. The molecule has 4 heteroatoms. The molecule has 0 saturated heterocycles. The number of nitrogens with one attached hydrogen (secondary N) is 1. The lowest BCUT2D eigenvalue weighted by molar-refractivity contribution is -0.118. The van der Waals surface area contributed by atoms with Crippen LogP contribution in [0.3, 0.4) is 0 Å². The molecule has 2 unspecified atom stereocenters. The summed E-state index contributed by atoms with van der Waals surface area (Å²) < 4.78 is 0. The van der Waals surface area contributed by atoms with Crippen molar-refractivity contribution in [3.8, 4) is 11.8 Å². The van der Waals surface area contributed by atoms with Crippen LogP contribution in [0.1, 0.15) is 24.8 Å². The lowest BCUT2D eigenvalue weighted by atomic mass is 10.1. The van der Waals surface area contributed by atoms with E-state index in [1.54, 1.807) is 12.1 Å². The van der Waals surface area contributed by atoms with Crippen molar-refractivity contribution in [1.29, 1.82) is 0 Å². The summed E-state index contributed by atoms with van der Waals surface area (Å²) in [6, 6.07) is 5.37. The summed E-state index contributed by atoms with van der Waals surface area (Å²) >= 11 is 6.07.